The van der Waals surface area contributed by atoms with E-state index in [-0.39, 0.29) is 14.9 Å². The lowest BCUT2D eigenvalue weighted by Gasteiger charge is -1.53. The fraction of sp³-hybridized carbons (Fsp3) is 1.00. The van der Waals surface area contributed by atoms with Crippen LogP contribution in [0.15, 0.2) is 0 Å². The Morgan fingerprint density at radius 3 is 0.889 bits per heavy atom. The van der Waals surface area contributed by atoms with Gasteiger partial charge in [0, 0.05) is 0 Å². The highest BCUT2D eigenvalue weighted by Crippen LogP contribution is 1.20. The lowest BCUT2D eigenvalue weighted by atomic mass is 10.8. The van der Waals surface area contributed by atoms with Crippen molar-refractivity contribution in [2.45, 2.75) is 21.8 Å². The maximum atomic E-state index is 4.85. The first kappa shape index (κ1) is 36.6. The second kappa shape index (κ2) is 482. The molecule has 0 radical (unpaired) electrons. The van der Waals surface area contributed by atoms with Crippen molar-refractivity contribution in [1.82, 2.24) is 0 Å². The molecular formula is C6H25N3. The quantitative estimate of drug-likeness (QED) is 0.454. The highest BCUT2D eigenvalue weighted by Gasteiger charge is 1.32. The topological polar surface area (TPSA) is 78.1 Å². The molecule has 0 saturated carbocycles. The highest BCUT2D eigenvalue weighted by atomic mass is 14.5. The molecule has 0 fully saturated rings. The van der Waals surface area contributed by atoms with Crippen LogP contribution in [0.4, 0.5) is 0 Å². The minimum atomic E-state index is 0. The fourth-order valence-electron chi connectivity index (χ4n) is 0. The first-order chi connectivity index (χ1) is 3.41. The van der Waals surface area contributed by atoms with Crippen LogP contribution in [-0.2, 0) is 0 Å². The van der Waals surface area contributed by atoms with Gasteiger partial charge in [-0.15, -0.1) is 0 Å². The second-order valence-corrected chi connectivity index (χ2v) is 0.408. The Balaban J connectivity index is -0.00000000825. The van der Waals surface area contributed by atoms with Gasteiger partial charge in [0.1, 0.15) is 0 Å². The molecule has 0 aliphatic carbocycles. The third-order valence-corrected chi connectivity index (χ3v) is 0. The Hall–Kier alpha value is -0.120. The van der Waals surface area contributed by atoms with E-state index in [4.69, 9.17) is 5.73 Å². The monoisotopic (exact) mass is 139 g/mol. The molecule has 9 heavy (non-hydrogen) atoms. The standard InChI is InChI=1S/C2H7N.2CH5N.2CH4/c1-2-3;2*1-2;;/h2-3H2,1H3;2*2H2,1H3;2*1H4. The molecule has 3 heteroatoms. The summed E-state index contributed by atoms with van der Waals surface area (Å²) in [5, 5.41) is 0. The van der Waals surface area contributed by atoms with Crippen LogP contribution in [0.5, 0.6) is 0 Å². The largest absolute Gasteiger partial charge is 0.333 e. The van der Waals surface area contributed by atoms with E-state index in [9.17, 15) is 0 Å². The molecule has 6 N–H and O–H groups in total. The molecule has 0 aromatic heterocycles. The predicted molar refractivity (Wildman–Crippen MR) is 48.4 cm³/mol. The van der Waals surface area contributed by atoms with E-state index in [1.54, 1.807) is 0 Å². The van der Waals surface area contributed by atoms with Gasteiger partial charge in [0.2, 0.25) is 0 Å². The van der Waals surface area contributed by atoms with E-state index in [0.29, 0.717) is 0 Å². The van der Waals surface area contributed by atoms with Crippen LogP contribution >= 0.6 is 0 Å². The van der Waals surface area contributed by atoms with Gasteiger partial charge >= 0.3 is 0 Å². The van der Waals surface area contributed by atoms with Gasteiger partial charge < -0.3 is 17.2 Å². The molecule has 0 heterocycles. The van der Waals surface area contributed by atoms with Crippen molar-refractivity contribution < 1.29 is 0 Å². The van der Waals surface area contributed by atoms with Crippen molar-refractivity contribution in [3.05, 3.63) is 0 Å². The molecular weight excluding hydrogens is 114 g/mol. The predicted octanol–water partition coefficient (Wildman–Crippen LogP) is 0.387. The van der Waals surface area contributed by atoms with Gasteiger partial charge in [0.25, 0.3) is 0 Å². The van der Waals surface area contributed by atoms with Gasteiger partial charge in [-0.25, -0.2) is 0 Å². The Kier molecular flexibility index (Phi) is 1960. The van der Waals surface area contributed by atoms with E-state index < -0.39 is 0 Å². The van der Waals surface area contributed by atoms with E-state index in [0.717, 1.165) is 6.54 Å². The van der Waals surface area contributed by atoms with Gasteiger partial charge in [-0.2, -0.15) is 0 Å². The highest BCUT2D eigenvalue weighted by molar-refractivity contribution is 4.00. The first-order valence-corrected chi connectivity index (χ1v) is 2.27. The molecule has 64 valence electrons. The van der Waals surface area contributed by atoms with Crippen LogP contribution in [0.3, 0.4) is 0 Å². The Bertz CT molecular complexity index is 8.26. The van der Waals surface area contributed by atoms with E-state index in [1.165, 1.54) is 14.1 Å². The summed E-state index contributed by atoms with van der Waals surface area (Å²) in [5.74, 6) is 0. The molecule has 0 bridgehead atoms. The third kappa shape index (κ3) is 18900. The minimum absolute atomic E-state index is 0. The van der Waals surface area contributed by atoms with Crippen LogP contribution in [0.2, 0.25) is 0 Å². The summed E-state index contributed by atoms with van der Waals surface area (Å²) in [4.78, 5) is 0. The Labute approximate surface area is 60.6 Å². The molecule has 0 aliphatic rings. The summed E-state index contributed by atoms with van der Waals surface area (Å²) >= 11 is 0. The minimum Gasteiger partial charge on any atom is -0.333 e. The van der Waals surface area contributed by atoms with Crippen molar-refractivity contribution in [3.63, 3.8) is 0 Å². The summed E-state index contributed by atoms with van der Waals surface area (Å²) in [6, 6.07) is 0. The van der Waals surface area contributed by atoms with Crippen molar-refractivity contribution >= 4 is 0 Å². The Morgan fingerprint density at radius 1 is 0.889 bits per heavy atom. The van der Waals surface area contributed by atoms with Crippen LogP contribution in [0.25, 0.3) is 0 Å². The van der Waals surface area contributed by atoms with Gasteiger partial charge in [0.05, 0.1) is 0 Å². The fourth-order valence-corrected chi connectivity index (χ4v) is 0. The summed E-state index contributed by atoms with van der Waals surface area (Å²) in [6.07, 6.45) is 0. The van der Waals surface area contributed by atoms with E-state index >= 15 is 0 Å². The number of hydrogen-bond donors (Lipinski definition) is 3. The van der Waals surface area contributed by atoms with Crippen LogP contribution in [0, 0.1) is 0 Å². The van der Waals surface area contributed by atoms with Crippen LogP contribution in [-0.4, -0.2) is 20.6 Å². The van der Waals surface area contributed by atoms with Gasteiger partial charge in [-0.1, -0.05) is 21.8 Å². The first-order valence-electron chi connectivity index (χ1n) is 2.27. The van der Waals surface area contributed by atoms with E-state index in [1.807, 2.05) is 6.92 Å². The maximum absolute atomic E-state index is 4.85. The maximum Gasteiger partial charge on any atom is -0.0106 e. The van der Waals surface area contributed by atoms with Crippen molar-refractivity contribution in [3.8, 4) is 0 Å². The number of rotatable bonds is 0. The number of hydrogen-bond acceptors (Lipinski definition) is 3. The molecule has 0 rings (SSSR count). The summed E-state index contributed by atoms with van der Waals surface area (Å²) in [5.41, 5.74) is 13.8. The van der Waals surface area contributed by atoms with Crippen LogP contribution < -0.4 is 17.2 Å². The normalized spacial score (nSPS) is 3.33. The zero-order valence-corrected chi connectivity index (χ0v) is 5.44. The average molecular weight is 139 g/mol. The number of nitrogens with two attached hydrogens (primary N) is 3. The molecule has 0 saturated heterocycles. The molecule has 0 aliphatic heterocycles. The SMILES string of the molecule is C.C.CCN.CN.CN. The van der Waals surface area contributed by atoms with Crippen LogP contribution in [0.1, 0.15) is 21.8 Å². The molecule has 0 amide bonds. The van der Waals surface area contributed by atoms with Gasteiger partial charge in [-0.05, 0) is 20.6 Å². The molecule has 0 spiro atoms. The summed E-state index contributed by atoms with van der Waals surface area (Å²) < 4.78 is 0. The summed E-state index contributed by atoms with van der Waals surface area (Å²) in [6.45, 7) is 2.65. The molecule has 0 aromatic carbocycles. The Morgan fingerprint density at radius 2 is 0.889 bits per heavy atom. The third-order valence-electron chi connectivity index (χ3n) is 0. The smallest absolute Gasteiger partial charge is 0.0106 e. The van der Waals surface area contributed by atoms with Gasteiger partial charge in [0.15, 0.2) is 0 Å². The van der Waals surface area contributed by atoms with Gasteiger partial charge in [-0.3, -0.25) is 0 Å². The average Bonchev–Trinajstić information content (AvgIpc) is 1.78. The molecule has 3 nitrogen and oxygen atoms in total. The lowest BCUT2D eigenvalue weighted by Crippen LogP contribution is -1.87. The van der Waals surface area contributed by atoms with Crippen molar-refractivity contribution in [2.75, 3.05) is 20.6 Å². The molecule has 0 unspecified atom stereocenters. The van der Waals surface area contributed by atoms with Crippen molar-refractivity contribution in [2.24, 2.45) is 17.2 Å². The van der Waals surface area contributed by atoms with Crippen molar-refractivity contribution in [1.29, 1.82) is 0 Å². The second-order valence-electron chi connectivity index (χ2n) is 0.408. The zero-order valence-electron chi connectivity index (χ0n) is 5.44. The molecule has 0 atom stereocenters. The van der Waals surface area contributed by atoms with E-state index in [2.05, 4.69) is 11.5 Å². The summed E-state index contributed by atoms with van der Waals surface area (Å²) in [7, 11) is 3.00. The molecule has 0 aromatic rings. The zero-order chi connectivity index (χ0) is 6.71. The lowest BCUT2D eigenvalue weighted by molar-refractivity contribution is 1.14.